The van der Waals surface area contributed by atoms with E-state index >= 15 is 0 Å². The van der Waals surface area contributed by atoms with Crippen molar-refractivity contribution in [2.24, 2.45) is 0 Å². The van der Waals surface area contributed by atoms with Gasteiger partial charge in [0, 0.05) is 30.5 Å². The van der Waals surface area contributed by atoms with Gasteiger partial charge in [0.05, 0.1) is 18.8 Å². The molecule has 1 N–H and O–H groups in total. The molecule has 1 saturated heterocycles. The van der Waals surface area contributed by atoms with Crippen molar-refractivity contribution in [1.29, 1.82) is 0 Å². The Morgan fingerprint density at radius 1 is 1.04 bits per heavy atom. The van der Waals surface area contributed by atoms with E-state index in [1.807, 2.05) is 0 Å². The van der Waals surface area contributed by atoms with Crippen molar-refractivity contribution in [2.45, 2.75) is 0 Å². The summed E-state index contributed by atoms with van der Waals surface area (Å²) in [6.07, 6.45) is 1.41. The topological polar surface area (TPSA) is 71.5 Å². The maximum atomic E-state index is 12.3. The SMILES string of the molecule is O=C(Nc1ccc(C(=O)N2CCOCC2)cc1)c1ccc(Cl)nc1. The predicted molar refractivity (Wildman–Crippen MR) is 90.4 cm³/mol. The molecule has 1 aliphatic heterocycles. The standard InChI is InChI=1S/C17H16ClN3O3/c18-15-6-3-13(11-19-15)16(22)20-14-4-1-12(2-5-14)17(23)21-7-9-24-10-8-21/h1-6,11H,7-10H2,(H,20,22). The van der Waals surface area contributed by atoms with Crippen LogP contribution >= 0.6 is 11.6 Å². The zero-order chi connectivity index (χ0) is 16.9. The summed E-state index contributed by atoms with van der Waals surface area (Å²) < 4.78 is 5.24. The third kappa shape index (κ3) is 3.90. The average molecular weight is 346 g/mol. The molecule has 1 aliphatic rings. The van der Waals surface area contributed by atoms with Crippen LogP contribution in [0.5, 0.6) is 0 Å². The van der Waals surface area contributed by atoms with Crippen LogP contribution in [-0.4, -0.2) is 48.0 Å². The second kappa shape index (κ2) is 7.42. The highest BCUT2D eigenvalue weighted by Crippen LogP contribution is 2.14. The maximum Gasteiger partial charge on any atom is 0.257 e. The highest BCUT2D eigenvalue weighted by atomic mass is 35.5. The third-order valence-corrected chi connectivity index (χ3v) is 3.90. The second-order valence-corrected chi connectivity index (χ2v) is 5.69. The lowest BCUT2D eigenvalue weighted by Crippen LogP contribution is -2.40. The van der Waals surface area contributed by atoms with Gasteiger partial charge in [-0.3, -0.25) is 9.59 Å². The van der Waals surface area contributed by atoms with E-state index in [1.165, 1.54) is 6.20 Å². The molecule has 3 rings (SSSR count). The molecule has 124 valence electrons. The van der Waals surface area contributed by atoms with Crippen molar-refractivity contribution < 1.29 is 14.3 Å². The fraction of sp³-hybridized carbons (Fsp3) is 0.235. The molecule has 24 heavy (non-hydrogen) atoms. The van der Waals surface area contributed by atoms with E-state index in [4.69, 9.17) is 16.3 Å². The van der Waals surface area contributed by atoms with Gasteiger partial charge in [0.25, 0.3) is 11.8 Å². The van der Waals surface area contributed by atoms with Crippen LogP contribution in [0.3, 0.4) is 0 Å². The molecule has 0 atom stereocenters. The third-order valence-electron chi connectivity index (χ3n) is 3.68. The van der Waals surface area contributed by atoms with Crippen LogP contribution in [0.4, 0.5) is 5.69 Å². The van der Waals surface area contributed by atoms with E-state index in [0.717, 1.165) is 0 Å². The number of halogens is 1. The zero-order valence-corrected chi connectivity index (χ0v) is 13.6. The molecule has 1 aromatic heterocycles. The van der Waals surface area contributed by atoms with Gasteiger partial charge in [0.1, 0.15) is 5.15 Å². The molecule has 0 bridgehead atoms. The lowest BCUT2D eigenvalue weighted by atomic mass is 10.1. The number of benzene rings is 1. The van der Waals surface area contributed by atoms with E-state index in [1.54, 1.807) is 41.3 Å². The molecule has 0 unspecified atom stereocenters. The van der Waals surface area contributed by atoms with Gasteiger partial charge in [-0.15, -0.1) is 0 Å². The van der Waals surface area contributed by atoms with E-state index in [9.17, 15) is 9.59 Å². The molecule has 0 aliphatic carbocycles. The Morgan fingerprint density at radius 2 is 1.71 bits per heavy atom. The number of hydrogen-bond donors (Lipinski definition) is 1. The first-order valence-corrected chi connectivity index (χ1v) is 7.91. The molecule has 0 radical (unpaired) electrons. The smallest absolute Gasteiger partial charge is 0.257 e. The van der Waals surface area contributed by atoms with Gasteiger partial charge < -0.3 is 15.0 Å². The minimum absolute atomic E-state index is 0.0296. The molecule has 2 heterocycles. The van der Waals surface area contributed by atoms with Gasteiger partial charge in [-0.2, -0.15) is 0 Å². The number of nitrogens with one attached hydrogen (secondary N) is 1. The minimum atomic E-state index is -0.286. The molecular weight excluding hydrogens is 330 g/mol. The number of carbonyl (C=O) groups excluding carboxylic acids is 2. The Bertz CT molecular complexity index is 726. The predicted octanol–water partition coefficient (Wildman–Crippen LogP) is 2.46. The Kier molecular flexibility index (Phi) is 5.08. The number of morpholine rings is 1. The van der Waals surface area contributed by atoms with Crippen LogP contribution < -0.4 is 5.32 Å². The molecule has 6 nitrogen and oxygen atoms in total. The normalized spacial score (nSPS) is 14.3. The number of rotatable bonds is 3. The largest absolute Gasteiger partial charge is 0.378 e. The van der Waals surface area contributed by atoms with Gasteiger partial charge in [-0.1, -0.05) is 11.6 Å². The van der Waals surface area contributed by atoms with E-state index in [-0.39, 0.29) is 11.8 Å². The summed E-state index contributed by atoms with van der Waals surface area (Å²) in [6, 6.07) is 9.96. The monoisotopic (exact) mass is 345 g/mol. The summed E-state index contributed by atoms with van der Waals surface area (Å²) in [5.74, 6) is -0.315. The Labute approximate surface area is 144 Å². The van der Waals surface area contributed by atoms with Gasteiger partial charge in [-0.05, 0) is 36.4 Å². The van der Waals surface area contributed by atoms with Crippen LogP contribution in [0.1, 0.15) is 20.7 Å². The Morgan fingerprint density at radius 3 is 2.33 bits per heavy atom. The molecule has 2 aromatic rings. The quantitative estimate of drug-likeness (QED) is 0.867. The first kappa shape index (κ1) is 16.4. The van der Waals surface area contributed by atoms with Gasteiger partial charge in [0.15, 0.2) is 0 Å². The van der Waals surface area contributed by atoms with Crippen LogP contribution in [-0.2, 0) is 4.74 Å². The second-order valence-electron chi connectivity index (χ2n) is 5.31. The lowest BCUT2D eigenvalue weighted by molar-refractivity contribution is 0.0303. The van der Waals surface area contributed by atoms with Crippen LogP contribution in [0.25, 0.3) is 0 Å². The van der Waals surface area contributed by atoms with Gasteiger partial charge >= 0.3 is 0 Å². The number of carbonyl (C=O) groups is 2. The van der Waals surface area contributed by atoms with Crippen molar-refractivity contribution >= 4 is 29.1 Å². The molecule has 7 heteroatoms. The van der Waals surface area contributed by atoms with Crippen molar-refractivity contribution in [3.8, 4) is 0 Å². The molecule has 1 aromatic carbocycles. The highest BCUT2D eigenvalue weighted by molar-refractivity contribution is 6.29. The number of aromatic nitrogens is 1. The number of nitrogens with zero attached hydrogens (tertiary/aromatic N) is 2. The van der Waals surface area contributed by atoms with Crippen LogP contribution in [0.15, 0.2) is 42.6 Å². The molecule has 2 amide bonds. The summed E-state index contributed by atoms with van der Waals surface area (Å²) in [7, 11) is 0. The molecule has 0 spiro atoms. The minimum Gasteiger partial charge on any atom is -0.378 e. The summed E-state index contributed by atoms with van der Waals surface area (Å²) in [6.45, 7) is 2.33. The first-order chi connectivity index (χ1) is 11.6. The maximum absolute atomic E-state index is 12.3. The summed E-state index contributed by atoms with van der Waals surface area (Å²) in [4.78, 5) is 30.1. The number of ether oxygens (including phenoxy) is 1. The molecule has 1 fully saturated rings. The van der Waals surface area contributed by atoms with Crippen molar-refractivity contribution in [1.82, 2.24) is 9.88 Å². The first-order valence-electron chi connectivity index (χ1n) is 7.53. The van der Waals surface area contributed by atoms with Crippen LogP contribution in [0, 0.1) is 0 Å². The fourth-order valence-electron chi connectivity index (χ4n) is 2.36. The van der Waals surface area contributed by atoms with Gasteiger partial charge in [0.2, 0.25) is 0 Å². The van der Waals surface area contributed by atoms with E-state index in [2.05, 4.69) is 10.3 Å². The van der Waals surface area contributed by atoms with E-state index in [0.29, 0.717) is 48.3 Å². The number of hydrogen-bond acceptors (Lipinski definition) is 4. The number of pyridine rings is 1. The number of anilines is 1. The molecule has 0 saturated carbocycles. The van der Waals surface area contributed by atoms with E-state index < -0.39 is 0 Å². The van der Waals surface area contributed by atoms with Crippen LogP contribution in [0.2, 0.25) is 5.15 Å². The summed E-state index contributed by atoms with van der Waals surface area (Å²) in [5, 5.41) is 3.09. The fourth-order valence-corrected chi connectivity index (χ4v) is 2.47. The number of amides is 2. The Hall–Kier alpha value is -2.44. The van der Waals surface area contributed by atoms with Crippen molar-refractivity contribution in [3.05, 3.63) is 58.9 Å². The zero-order valence-electron chi connectivity index (χ0n) is 12.9. The van der Waals surface area contributed by atoms with Crippen molar-refractivity contribution in [2.75, 3.05) is 31.6 Å². The summed E-state index contributed by atoms with van der Waals surface area (Å²) in [5.41, 5.74) is 1.60. The molecular formula is C17H16ClN3O3. The highest BCUT2D eigenvalue weighted by Gasteiger charge is 2.18. The average Bonchev–Trinajstić information content (AvgIpc) is 2.63. The Balaban J connectivity index is 1.64. The van der Waals surface area contributed by atoms with Crippen molar-refractivity contribution in [3.63, 3.8) is 0 Å². The lowest BCUT2D eigenvalue weighted by Gasteiger charge is -2.26. The summed E-state index contributed by atoms with van der Waals surface area (Å²) >= 11 is 5.70. The van der Waals surface area contributed by atoms with Gasteiger partial charge in [-0.25, -0.2) is 4.98 Å².